The molecular formula is C23H24I2Ti. The van der Waals surface area contributed by atoms with Crippen LogP contribution < -0.4 is 48.0 Å². The van der Waals surface area contributed by atoms with Crippen molar-refractivity contribution in [3.63, 3.8) is 0 Å². The molecule has 0 aromatic heterocycles. The molecule has 4 rings (SSSR count). The van der Waals surface area contributed by atoms with Crippen molar-refractivity contribution in [3.05, 3.63) is 82.5 Å². The van der Waals surface area contributed by atoms with E-state index in [1.54, 1.807) is 0 Å². The second-order valence-corrected chi connectivity index (χ2v) is 7.02. The van der Waals surface area contributed by atoms with Crippen LogP contribution in [0, 0.1) is 17.6 Å². The number of hydrogen-bond donors (Lipinski definition) is 0. The predicted octanol–water partition coefficient (Wildman–Crippen LogP) is 0.176. The molecule has 3 heteroatoms. The summed E-state index contributed by atoms with van der Waals surface area (Å²) in [6.45, 7) is 10.9. The molecule has 0 atom stereocenters. The number of allylic oxidation sites excluding steroid dienone is 4. The van der Waals surface area contributed by atoms with Crippen molar-refractivity contribution < 1.29 is 69.7 Å². The molecule has 0 bridgehead atoms. The Labute approximate surface area is 207 Å². The largest absolute Gasteiger partial charge is 4.00 e. The van der Waals surface area contributed by atoms with Gasteiger partial charge in [0.2, 0.25) is 0 Å². The average Bonchev–Trinajstić information content (AvgIpc) is 2.99. The van der Waals surface area contributed by atoms with Crippen LogP contribution in [0.25, 0.3) is 11.1 Å². The Morgan fingerprint density at radius 2 is 1.50 bits per heavy atom. The number of hydrogen-bond acceptors (Lipinski definition) is 0. The Bertz CT molecular complexity index is 773. The third-order valence-electron chi connectivity index (χ3n) is 5.18. The fraction of sp³-hybridized carbons (Fsp3) is 0.304. The van der Waals surface area contributed by atoms with Crippen molar-refractivity contribution in [2.45, 2.75) is 41.0 Å². The van der Waals surface area contributed by atoms with Gasteiger partial charge in [-0.15, -0.1) is 12.5 Å². The summed E-state index contributed by atoms with van der Waals surface area (Å²) in [5, 5.41) is 0. The van der Waals surface area contributed by atoms with Crippen LogP contribution in [-0.2, 0) is 28.1 Å². The van der Waals surface area contributed by atoms with E-state index in [4.69, 9.17) is 0 Å². The standard InChI is InChI=1S/C13H9.C10H15.2HI.Ti/c1-3-7-12-10(5-1)9-11-6-2-4-8-13(11)12;1-7-6-10(4,5)9(3)8(7)2;;;/h1-5,7-8H,9H2;1-5H3;2*1H;/q2*-1;;;+4/p-2. The van der Waals surface area contributed by atoms with E-state index in [9.17, 15) is 0 Å². The van der Waals surface area contributed by atoms with Crippen molar-refractivity contribution in [3.8, 4) is 11.1 Å². The molecule has 0 N–H and O–H groups in total. The van der Waals surface area contributed by atoms with Gasteiger partial charge in [0.15, 0.2) is 0 Å². The minimum Gasteiger partial charge on any atom is -1.00 e. The number of rotatable bonds is 0. The molecule has 0 saturated heterocycles. The SMILES string of the molecule is CC1=[C-]C(C)(C)C(C)=C1C.[I-].[I-].[Ti+4].[c-]1cccc2c1Cc1ccccc1-2. The Kier molecular flexibility index (Phi) is 10.6. The van der Waals surface area contributed by atoms with E-state index in [1.165, 1.54) is 39.0 Å². The van der Waals surface area contributed by atoms with Crippen LogP contribution in [0.15, 0.2) is 59.2 Å². The van der Waals surface area contributed by atoms with Gasteiger partial charge in [0.25, 0.3) is 0 Å². The number of halogens is 2. The van der Waals surface area contributed by atoms with Gasteiger partial charge in [0.05, 0.1) is 0 Å². The first-order valence-corrected chi connectivity index (χ1v) is 8.28. The molecule has 0 heterocycles. The van der Waals surface area contributed by atoms with E-state index in [-0.39, 0.29) is 75.1 Å². The molecule has 0 spiro atoms. The minimum absolute atomic E-state index is 0. The molecule has 2 aromatic carbocycles. The van der Waals surface area contributed by atoms with Gasteiger partial charge in [-0.1, -0.05) is 68.5 Å². The number of fused-ring (bicyclic) bond motifs is 3. The summed E-state index contributed by atoms with van der Waals surface area (Å²) in [6, 6.07) is 18.1. The first-order valence-electron chi connectivity index (χ1n) is 8.28. The molecule has 2 aliphatic carbocycles. The summed E-state index contributed by atoms with van der Waals surface area (Å²) in [7, 11) is 0. The van der Waals surface area contributed by atoms with Crippen LogP contribution in [0.3, 0.4) is 0 Å². The van der Waals surface area contributed by atoms with E-state index in [2.05, 4.69) is 83.2 Å². The molecule has 0 amide bonds. The summed E-state index contributed by atoms with van der Waals surface area (Å²) in [5.41, 5.74) is 9.90. The molecule has 134 valence electrons. The smallest absolute Gasteiger partial charge is 1.00 e. The molecule has 26 heavy (non-hydrogen) atoms. The van der Waals surface area contributed by atoms with E-state index >= 15 is 0 Å². The Morgan fingerprint density at radius 3 is 2.04 bits per heavy atom. The van der Waals surface area contributed by atoms with Gasteiger partial charge < -0.3 is 48.0 Å². The maximum absolute atomic E-state index is 3.44. The van der Waals surface area contributed by atoms with Crippen molar-refractivity contribution in [2.75, 3.05) is 0 Å². The van der Waals surface area contributed by atoms with E-state index < -0.39 is 0 Å². The Morgan fingerprint density at radius 1 is 0.885 bits per heavy atom. The summed E-state index contributed by atoms with van der Waals surface area (Å²) in [5.74, 6) is 0. The molecule has 0 radical (unpaired) electrons. The van der Waals surface area contributed by atoms with Crippen molar-refractivity contribution >= 4 is 0 Å². The monoisotopic (exact) mass is 602 g/mol. The van der Waals surface area contributed by atoms with E-state index in [1.807, 2.05) is 6.07 Å². The molecule has 0 aliphatic heterocycles. The van der Waals surface area contributed by atoms with Gasteiger partial charge in [-0.05, 0) is 6.42 Å². The van der Waals surface area contributed by atoms with Crippen LogP contribution in [0.2, 0.25) is 0 Å². The second kappa shape index (κ2) is 10.6. The van der Waals surface area contributed by atoms with E-state index in [0.29, 0.717) is 0 Å². The molecule has 2 aliphatic rings. The fourth-order valence-corrected chi connectivity index (χ4v) is 3.40. The Hall–Kier alpha value is 0.0943. The maximum atomic E-state index is 3.44. The molecule has 0 saturated carbocycles. The molecule has 0 fully saturated rings. The zero-order valence-electron chi connectivity index (χ0n) is 16.0. The fourth-order valence-electron chi connectivity index (χ4n) is 3.40. The quantitative estimate of drug-likeness (QED) is 0.196. The normalized spacial score (nSPS) is 15.2. The van der Waals surface area contributed by atoms with Crippen LogP contribution >= 0.6 is 0 Å². The second-order valence-electron chi connectivity index (χ2n) is 7.02. The van der Waals surface area contributed by atoms with Crippen LogP contribution in [0.1, 0.15) is 45.7 Å². The molecule has 0 nitrogen and oxygen atoms in total. The molecular weight excluding hydrogens is 578 g/mol. The summed E-state index contributed by atoms with van der Waals surface area (Å²) in [4.78, 5) is 0. The summed E-state index contributed by atoms with van der Waals surface area (Å²) < 4.78 is 0. The van der Waals surface area contributed by atoms with Crippen LogP contribution in [0.4, 0.5) is 0 Å². The van der Waals surface area contributed by atoms with Gasteiger partial charge in [-0.2, -0.15) is 41.0 Å². The zero-order chi connectivity index (χ0) is 16.6. The van der Waals surface area contributed by atoms with Crippen molar-refractivity contribution in [2.24, 2.45) is 5.41 Å². The van der Waals surface area contributed by atoms with E-state index in [0.717, 1.165) is 6.42 Å². The first kappa shape index (κ1) is 26.1. The minimum atomic E-state index is 0. The zero-order valence-corrected chi connectivity index (χ0v) is 21.9. The van der Waals surface area contributed by atoms with Crippen molar-refractivity contribution in [1.29, 1.82) is 0 Å². The van der Waals surface area contributed by atoms with Crippen molar-refractivity contribution in [1.82, 2.24) is 0 Å². The van der Waals surface area contributed by atoms with Gasteiger partial charge >= 0.3 is 21.7 Å². The Balaban J connectivity index is 0.000000445. The number of benzene rings is 2. The maximum Gasteiger partial charge on any atom is 4.00 e. The third kappa shape index (κ3) is 5.33. The molecule has 2 aromatic rings. The first-order chi connectivity index (χ1) is 10.9. The topological polar surface area (TPSA) is 0 Å². The average molecular weight is 602 g/mol. The van der Waals surface area contributed by atoms with Gasteiger partial charge in [0.1, 0.15) is 0 Å². The summed E-state index contributed by atoms with van der Waals surface area (Å²) in [6.07, 6.45) is 4.48. The van der Waals surface area contributed by atoms with Gasteiger partial charge in [-0.25, -0.2) is 5.57 Å². The third-order valence-corrected chi connectivity index (χ3v) is 5.18. The van der Waals surface area contributed by atoms with Gasteiger partial charge in [-0.3, -0.25) is 6.08 Å². The van der Waals surface area contributed by atoms with Crippen LogP contribution in [0.5, 0.6) is 0 Å². The summed E-state index contributed by atoms with van der Waals surface area (Å²) >= 11 is 0. The molecule has 0 unspecified atom stereocenters. The van der Waals surface area contributed by atoms with Gasteiger partial charge in [0, 0.05) is 0 Å². The predicted molar refractivity (Wildman–Crippen MR) is 98.1 cm³/mol. The van der Waals surface area contributed by atoms with Crippen LogP contribution in [-0.4, -0.2) is 0 Å².